The van der Waals surface area contributed by atoms with Crippen LogP contribution in [0.1, 0.15) is 6.92 Å². The molecule has 122 valence electrons. The number of amides is 1. The second kappa shape index (κ2) is 8.54. The van der Waals surface area contributed by atoms with Crippen LogP contribution in [0.5, 0.6) is 0 Å². The monoisotopic (exact) mass is 388 g/mol. The predicted molar refractivity (Wildman–Crippen MR) is 99.0 cm³/mol. The summed E-state index contributed by atoms with van der Waals surface area (Å²) in [4.78, 5) is 12.3. The van der Waals surface area contributed by atoms with Gasteiger partial charge in [-0.2, -0.15) is 0 Å². The van der Waals surface area contributed by atoms with Gasteiger partial charge in [-0.25, -0.2) is 0 Å². The Morgan fingerprint density at radius 2 is 2.26 bits per heavy atom. The lowest BCUT2D eigenvalue weighted by Gasteiger charge is -2.11. The van der Waals surface area contributed by atoms with Crippen LogP contribution in [0.3, 0.4) is 0 Å². The van der Waals surface area contributed by atoms with Gasteiger partial charge in [0.1, 0.15) is 0 Å². The fourth-order valence-electron chi connectivity index (χ4n) is 1.53. The number of carbonyl (C=O) groups excluding carboxylic acids is 1. The van der Waals surface area contributed by atoms with E-state index in [0.717, 1.165) is 0 Å². The highest BCUT2D eigenvalue weighted by molar-refractivity contribution is 8.02. The highest BCUT2D eigenvalue weighted by Gasteiger charge is 2.18. The van der Waals surface area contributed by atoms with Crippen molar-refractivity contribution in [2.24, 2.45) is 0 Å². The molecule has 1 heterocycles. The Balaban J connectivity index is 1.95. The molecule has 9 heteroatoms. The highest BCUT2D eigenvalue weighted by atomic mass is 35.5. The summed E-state index contributed by atoms with van der Waals surface area (Å²) in [6.07, 6.45) is 1.74. The Hall–Kier alpha value is -1.28. The van der Waals surface area contributed by atoms with Crippen LogP contribution in [0.25, 0.3) is 0 Å². The van der Waals surface area contributed by atoms with E-state index in [4.69, 9.17) is 23.2 Å². The van der Waals surface area contributed by atoms with Gasteiger partial charge in [0, 0.05) is 6.54 Å². The molecule has 1 aromatic carbocycles. The molecule has 0 bridgehead atoms. The summed E-state index contributed by atoms with van der Waals surface area (Å²) in [6.45, 7) is 6.02. The fourth-order valence-corrected chi connectivity index (χ4v) is 3.78. The Morgan fingerprint density at radius 3 is 3.00 bits per heavy atom. The Bertz CT molecular complexity index is 708. The maximum atomic E-state index is 12.3. The first-order valence-corrected chi connectivity index (χ1v) is 9.06. The van der Waals surface area contributed by atoms with Crippen LogP contribution in [0.4, 0.5) is 10.8 Å². The number of nitrogens with one attached hydrogen (secondary N) is 2. The molecule has 23 heavy (non-hydrogen) atoms. The SMILES string of the molecule is C=CCNc1nnc(SC(C)C(=O)Nc2cccc(Cl)c2Cl)s1. The molecule has 0 aliphatic rings. The lowest BCUT2D eigenvalue weighted by Crippen LogP contribution is -2.22. The van der Waals surface area contributed by atoms with E-state index in [0.29, 0.717) is 31.7 Å². The van der Waals surface area contributed by atoms with Crippen molar-refractivity contribution in [2.75, 3.05) is 17.2 Å². The molecule has 1 aromatic heterocycles. The van der Waals surface area contributed by atoms with Gasteiger partial charge in [0.15, 0.2) is 4.34 Å². The van der Waals surface area contributed by atoms with Gasteiger partial charge < -0.3 is 10.6 Å². The third kappa shape index (κ3) is 5.10. The number of carbonyl (C=O) groups is 1. The topological polar surface area (TPSA) is 66.9 Å². The third-order valence-electron chi connectivity index (χ3n) is 2.66. The van der Waals surface area contributed by atoms with Gasteiger partial charge >= 0.3 is 0 Å². The highest BCUT2D eigenvalue weighted by Crippen LogP contribution is 2.32. The van der Waals surface area contributed by atoms with E-state index in [-0.39, 0.29) is 11.2 Å². The average molecular weight is 389 g/mol. The lowest BCUT2D eigenvalue weighted by atomic mass is 10.3. The van der Waals surface area contributed by atoms with Gasteiger partial charge in [0.25, 0.3) is 0 Å². The number of thioether (sulfide) groups is 1. The molecule has 0 saturated carbocycles. The van der Waals surface area contributed by atoms with Crippen LogP contribution in [0.2, 0.25) is 10.0 Å². The van der Waals surface area contributed by atoms with E-state index >= 15 is 0 Å². The Labute approximate surface area is 152 Å². The summed E-state index contributed by atoms with van der Waals surface area (Å²) in [7, 11) is 0. The third-order valence-corrected chi connectivity index (χ3v) is 5.54. The van der Waals surface area contributed by atoms with Gasteiger partial charge in [0.05, 0.1) is 21.0 Å². The van der Waals surface area contributed by atoms with Crippen molar-refractivity contribution in [3.05, 3.63) is 40.9 Å². The molecule has 0 radical (unpaired) electrons. The molecule has 0 saturated heterocycles. The predicted octanol–water partition coefficient (Wildman–Crippen LogP) is 4.56. The molecule has 1 amide bonds. The lowest BCUT2D eigenvalue weighted by molar-refractivity contribution is -0.115. The first-order valence-electron chi connectivity index (χ1n) is 6.61. The molecule has 2 N–H and O–H groups in total. The number of halogens is 2. The van der Waals surface area contributed by atoms with Crippen LogP contribution in [0, 0.1) is 0 Å². The summed E-state index contributed by atoms with van der Waals surface area (Å²) >= 11 is 14.7. The quantitative estimate of drug-likeness (QED) is 0.537. The molecule has 5 nitrogen and oxygen atoms in total. The van der Waals surface area contributed by atoms with Crippen molar-refractivity contribution in [3.63, 3.8) is 0 Å². The van der Waals surface area contributed by atoms with Gasteiger partial charge in [-0.1, -0.05) is 58.4 Å². The second-order valence-electron chi connectivity index (χ2n) is 4.39. The maximum Gasteiger partial charge on any atom is 0.237 e. The molecule has 0 spiro atoms. The molecule has 2 aromatic rings. The van der Waals surface area contributed by atoms with E-state index in [1.165, 1.54) is 23.1 Å². The molecular weight excluding hydrogens is 375 g/mol. The van der Waals surface area contributed by atoms with E-state index < -0.39 is 0 Å². The van der Waals surface area contributed by atoms with Crippen molar-refractivity contribution in [2.45, 2.75) is 16.5 Å². The summed E-state index contributed by atoms with van der Waals surface area (Å²) in [5.74, 6) is -0.185. The normalized spacial score (nSPS) is 11.8. The zero-order valence-electron chi connectivity index (χ0n) is 12.2. The molecule has 1 unspecified atom stereocenters. The van der Waals surface area contributed by atoms with Crippen molar-refractivity contribution in [1.82, 2.24) is 10.2 Å². The molecular formula is C14H14Cl2N4OS2. The number of hydrogen-bond acceptors (Lipinski definition) is 6. The van der Waals surface area contributed by atoms with Gasteiger partial charge in [-0.3, -0.25) is 4.79 Å². The maximum absolute atomic E-state index is 12.3. The van der Waals surface area contributed by atoms with Crippen molar-refractivity contribution in [3.8, 4) is 0 Å². The number of nitrogens with zero attached hydrogens (tertiary/aromatic N) is 2. The molecule has 0 fully saturated rings. The van der Waals surface area contributed by atoms with Crippen molar-refractivity contribution in [1.29, 1.82) is 0 Å². The van der Waals surface area contributed by atoms with E-state index in [9.17, 15) is 4.79 Å². The molecule has 0 aliphatic heterocycles. The minimum absolute atomic E-state index is 0.185. The first-order chi connectivity index (χ1) is 11.0. The number of anilines is 2. The van der Waals surface area contributed by atoms with Gasteiger partial charge in [-0.05, 0) is 19.1 Å². The van der Waals surface area contributed by atoms with E-state index in [2.05, 4.69) is 27.4 Å². The Morgan fingerprint density at radius 1 is 1.48 bits per heavy atom. The summed E-state index contributed by atoms with van der Waals surface area (Å²) in [5, 5.41) is 14.9. The number of rotatable bonds is 7. The molecule has 0 aliphatic carbocycles. The van der Waals surface area contributed by atoms with Gasteiger partial charge in [0.2, 0.25) is 11.0 Å². The van der Waals surface area contributed by atoms with Crippen LogP contribution in [-0.2, 0) is 4.79 Å². The summed E-state index contributed by atoms with van der Waals surface area (Å²) in [5.41, 5.74) is 0.488. The zero-order valence-corrected chi connectivity index (χ0v) is 15.3. The first kappa shape index (κ1) is 18.1. The number of benzene rings is 1. The zero-order chi connectivity index (χ0) is 16.8. The second-order valence-corrected chi connectivity index (χ2v) is 7.74. The summed E-state index contributed by atoms with van der Waals surface area (Å²) < 4.78 is 0.705. The standard InChI is InChI=1S/C14H14Cl2N4OS2/c1-3-7-17-13-19-20-14(23-13)22-8(2)12(21)18-10-6-4-5-9(15)11(10)16/h3-6,8H,1,7H2,2H3,(H,17,19)(H,18,21). The fraction of sp³-hybridized carbons (Fsp3) is 0.214. The smallest absolute Gasteiger partial charge is 0.237 e. The molecule has 1 atom stereocenters. The minimum atomic E-state index is -0.356. The van der Waals surface area contributed by atoms with E-state index in [1.54, 1.807) is 31.2 Å². The number of aromatic nitrogens is 2. The average Bonchev–Trinajstić information content (AvgIpc) is 2.97. The van der Waals surface area contributed by atoms with Crippen LogP contribution in [-0.4, -0.2) is 27.9 Å². The number of hydrogen-bond donors (Lipinski definition) is 2. The van der Waals surface area contributed by atoms with Crippen LogP contribution < -0.4 is 10.6 Å². The molecule has 2 rings (SSSR count). The largest absolute Gasteiger partial charge is 0.357 e. The minimum Gasteiger partial charge on any atom is -0.357 e. The van der Waals surface area contributed by atoms with Gasteiger partial charge in [-0.15, -0.1) is 16.8 Å². The van der Waals surface area contributed by atoms with Crippen LogP contribution >= 0.6 is 46.3 Å². The van der Waals surface area contributed by atoms with Crippen molar-refractivity contribution >= 4 is 63.0 Å². The van der Waals surface area contributed by atoms with Crippen LogP contribution in [0.15, 0.2) is 35.2 Å². The van der Waals surface area contributed by atoms with Crippen molar-refractivity contribution < 1.29 is 4.79 Å². The summed E-state index contributed by atoms with van der Waals surface area (Å²) in [6, 6.07) is 5.09. The Kier molecular flexibility index (Phi) is 6.71. The van der Waals surface area contributed by atoms with E-state index in [1.807, 2.05) is 0 Å².